The maximum atomic E-state index is 12.7. The summed E-state index contributed by atoms with van der Waals surface area (Å²) in [5.41, 5.74) is 2.55. The molecule has 1 N–H and O–H groups in total. The summed E-state index contributed by atoms with van der Waals surface area (Å²) in [5, 5.41) is 7.68. The third-order valence-corrected chi connectivity index (χ3v) is 4.00. The van der Waals surface area contributed by atoms with Crippen LogP contribution in [0.4, 0.5) is 0 Å². The number of hydrogen-bond acceptors (Lipinski definition) is 3. The van der Waals surface area contributed by atoms with Crippen molar-refractivity contribution in [1.82, 2.24) is 20.0 Å². The van der Waals surface area contributed by atoms with E-state index in [1.165, 1.54) is 0 Å². The molecule has 2 aromatic rings. The molecular weight excluding hydrogens is 264 g/mol. The summed E-state index contributed by atoms with van der Waals surface area (Å²) in [6.45, 7) is 6.45. The topological polar surface area (TPSA) is 50.2 Å². The number of amides is 1. The van der Waals surface area contributed by atoms with Crippen molar-refractivity contribution < 1.29 is 4.79 Å². The smallest absolute Gasteiger partial charge is 0.257 e. The third-order valence-electron chi connectivity index (χ3n) is 4.00. The van der Waals surface area contributed by atoms with Gasteiger partial charge in [0.25, 0.3) is 5.91 Å². The fourth-order valence-electron chi connectivity index (χ4n) is 2.75. The Morgan fingerprint density at radius 2 is 2.10 bits per heavy atom. The van der Waals surface area contributed by atoms with Crippen molar-refractivity contribution in [1.29, 1.82) is 0 Å². The first-order chi connectivity index (χ1) is 10.2. The largest absolute Gasteiger partial charge is 0.333 e. The highest BCUT2D eigenvalue weighted by Crippen LogP contribution is 2.17. The van der Waals surface area contributed by atoms with Crippen LogP contribution in [0.5, 0.6) is 0 Å². The lowest BCUT2D eigenvalue weighted by atomic mass is 10.1. The van der Waals surface area contributed by atoms with E-state index in [1.54, 1.807) is 6.20 Å². The highest BCUT2D eigenvalue weighted by Gasteiger charge is 2.26. The molecule has 1 aliphatic rings. The summed E-state index contributed by atoms with van der Waals surface area (Å²) in [6, 6.07) is 10.1. The second-order valence-corrected chi connectivity index (χ2v) is 5.44. The molecule has 1 aromatic heterocycles. The summed E-state index contributed by atoms with van der Waals surface area (Å²) in [6.07, 6.45) is 1.68. The van der Waals surface area contributed by atoms with Crippen LogP contribution in [0.3, 0.4) is 0 Å². The van der Waals surface area contributed by atoms with Crippen molar-refractivity contribution in [2.45, 2.75) is 19.9 Å². The van der Waals surface area contributed by atoms with Gasteiger partial charge in [-0.15, -0.1) is 0 Å². The van der Waals surface area contributed by atoms with E-state index in [0.717, 1.165) is 31.0 Å². The number of carbonyl (C=O) groups excluding carboxylic acids is 1. The molecule has 1 aromatic carbocycles. The number of benzene rings is 1. The fourth-order valence-corrected chi connectivity index (χ4v) is 2.75. The minimum atomic E-state index is 0.0729. The van der Waals surface area contributed by atoms with Gasteiger partial charge in [-0.1, -0.05) is 18.2 Å². The Morgan fingerprint density at radius 1 is 1.33 bits per heavy atom. The summed E-state index contributed by atoms with van der Waals surface area (Å²) < 4.78 is 1.82. The molecule has 0 aliphatic carbocycles. The lowest BCUT2D eigenvalue weighted by Crippen LogP contribution is -2.52. The molecule has 1 fully saturated rings. The van der Waals surface area contributed by atoms with Gasteiger partial charge in [-0.25, -0.2) is 4.68 Å². The van der Waals surface area contributed by atoms with Gasteiger partial charge in [-0.05, 0) is 26.0 Å². The summed E-state index contributed by atoms with van der Waals surface area (Å²) >= 11 is 0. The van der Waals surface area contributed by atoms with Crippen LogP contribution in [0.15, 0.2) is 36.5 Å². The Labute approximate surface area is 124 Å². The third kappa shape index (κ3) is 2.56. The zero-order chi connectivity index (χ0) is 14.8. The normalized spacial score (nSPS) is 18.8. The van der Waals surface area contributed by atoms with E-state index >= 15 is 0 Å². The van der Waals surface area contributed by atoms with Crippen molar-refractivity contribution in [3.05, 3.63) is 47.8 Å². The number of piperazine rings is 1. The van der Waals surface area contributed by atoms with Gasteiger partial charge < -0.3 is 10.2 Å². The van der Waals surface area contributed by atoms with Crippen molar-refractivity contribution in [3.8, 4) is 5.69 Å². The van der Waals surface area contributed by atoms with E-state index in [-0.39, 0.29) is 11.9 Å². The molecule has 0 saturated carbocycles. The number of nitrogens with one attached hydrogen (secondary N) is 1. The molecule has 0 unspecified atom stereocenters. The molecule has 1 saturated heterocycles. The first-order valence-electron chi connectivity index (χ1n) is 7.30. The summed E-state index contributed by atoms with van der Waals surface area (Å²) in [4.78, 5) is 14.6. The molecule has 0 bridgehead atoms. The van der Waals surface area contributed by atoms with Gasteiger partial charge in [0.1, 0.15) is 0 Å². The molecule has 0 radical (unpaired) electrons. The molecule has 1 atom stereocenters. The van der Waals surface area contributed by atoms with Crippen molar-refractivity contribution in [2.24, 2.45) is 0 Å². The van der Waals surface area contributed by atoms with Crippen LogP contribution in [0.1, 0.15) is 23.0 Å². The van der Waals surface area contributed by atoms with Gasteiger partial charge in [-0.3, -0.25) is 4.79 Å². The Hall–Kier alpha value is -2.14. The van der Waals surface area contributed by atoms with Crippen LogP contribution < -0.4 is 5.32 Å². The van der Waals surface area contributed by atoms with Crippen LogP contribution in [0.2, 0.25) is 0 Å². The second kappa shape index (κ2) is 5.69. The van der Waals surface area contributed by atoms with E-state index in [1.807, 2.05) is 46.8 Å². The molecule has 5 heteroatoms. The van der Waals surface area contributed by atoms with E-state index in [0.29, 0.717) is 5.56 Å². The highest BCUT2D eigenvalue weighted by molar-refractivity contribution is 5.95. The molecule has 2 heterocycles. The maximum Gasteiger partial charge on any atom is 0.257 e. The number of aromatic nitrogens is 2. The van der Waals surface area contributed by atoms with Crippen molar-refractivity contribution >= 4 is 5.91 Å². The van der Waals surface area contributed by atoms with Crippen molar-refractivity contribution in [3.63, 3.8) is 0 Å². The van der Waals surface area contributed by atoms with Crippen LogP contribution in [-0.2, 0) is 0 Å². The molecule has 1 aliphatic heterocycles. The zero-order valence-corrected chi connectivity index (χ0v) is 12.4. The average Bonchev–Trinajstić information content (AvgIpc) is 2.90. The zero-order valence-electron chi connectivity index (χ0n) is 12.4. The lowest BCUT2D eigenvalue weighted by Gasteiger charge is -2.33. The fraction of sp³-hybridized carbons (Fsp3) is 0.375. The van der Waals surface area contributed by atoms with Gasteiger partial charge in [0.2, 0.25) is 0 Å². The molecule has 0 spiro atoms. The van der Waals surface area contributed by atoms with Gasteiger partial charge in [0.05, 0.1) is 23.1 Å². The van der Waals surface area contributed by atoms with Gasteiger partial charge in [0.15, 0.2) is 0 Å². The number of carbonyl (C=O) groups is 1. The molecule has 5 nitrogen and oxygen atoms in total. The van der Waals surface area contributed by atoms with Crippen LogP contribution >= 0.6 is 0 Å². The predicted octanol–water partition coefficient (Wildman–Crippen LogP) is 1.61. The minimum Gasteiger partial charge on any atom is -0.333 e. The minimum absolute atomic E-state index is 0.0729. The molecule has 21 heavy (non-hydrogen) atoms. The summed E-state index contributed by atoms with van der Waals surface area (Å²) in [7, 11) is 0. The van der Waals surface area contributed by atoms with E-state index in [9.17, 15) is 4.79 Å². The Balaban J connectivity index is 1.90. The van der Waals surface area contributed by atoms with E-state index < -0.39 is 0 Å². The number of para-hydroxylation sites is 1. The van der Waals surface area contributed by atoms with Gasteiger partial charge >= 0.3 is 0 Å². The van der Waals surface area contributed by atoms with E-state index in [2.05, 4.69) is 17.3 Å². The molecule has 3 rings (SSSR count). The Bertz CT molecular complexity index is 635. The van der Waals surface area contributed by atoms with Crippen LogP contribution in [-0.4, -0.2) is 46.3 Å². The second-order valence-electron chi connectivity index (χ2n) is 5.44. The first kappa shape index (κ1) is 13.8. The Morgan fingerprint density at radius 3 is 2.81 bits per heavy atom. The standard InChI is InChI=1S/C16H20N4O/c1-12-10-17-8-9-19(12)16(21)15-11-18-20(13(15)2)14-6-4-3-5-7-14/h3-7,11-12,17H,8-10H2,1-2H3/t12-/m1/s1. The predicted molar refractivity (Wildman–Crippen MR) is 81.7 cm³/mol. The van der Waals surface area contributed by atoms with Crippen LogP contribution in [0, 0.1) is 6.92 Å². The number of rotatable bonds is 2. The van der Waals surface area contributed by atoms with Crippen molar-refractivity contribution in [2.75, 3.05) is 19.6 Å². The maximum absolute atomic E-state index is 12.7. The summed E-state index contributed by atoms with van der Waals surface area (Å²) in [5.74, 6) is 0.0729. The Kier molecular flexibility index (Phi) is 3.75. The monoisotopic (exact) mass is 284 g/mol. The number of hydrogen-bond donors (Lipinski definition) is 1. The molecule has 1 amide bonds. The van der Waals surface area contributed by atoms with Gasteiger partial charge in [-0.2, -0.15) is 5.10 Å². The number of nitrogens with zero attached hydrogens (tertiary/aromatic N) is 3. The molecular formula is C16H20N4O. The molecule has 110 valence electrons. The van der Waals surface area contributed by atoms with Crippen LogP contribution in [0.25, 0.3) is 5.69 Å². The highest BCUT2D eigenvalue weighted by atomic mass is 16.2. The average molecular weight is 284 g/mol. The lowest BCUT2D eigenvalue weighted by molar-refractivity contribution is 0.0655. The first-order valence-corrected chi connectivity index (χ1v) is 7.30. The van der Waals surface area contributed by atoms with E-state index in [4.69, 9.17) is 0 Å². The van der Waals surface area contributed by atoms with Gasteiger partial charge in [0, 0.05) is 25.7 Å². The SMILES string of the molecule is Cc1c(C(=O)N2CCNC[C@H]2C)cnn1-c1ccccc1. The quantitative estimate of drug-likeness (QED) is 0.911.